The molecule has 0 aromatic heterocycles. The van der Waals surface area contributed by atoms with Crippen LogP contribution in [0.1, 0.15) is 31.2 Å². The fraction of sp³-hybridized carbons (Fsp3) is 0.647. The highest BCUT2D eigenvalue weighted by atomic mass is 16.5. The summed E-state index contributed by atoms with van der Waals surface area (Å²) >= 11 is 0. The molecule has 0 aliphatic carbocycles. The molecule has 1 aromatic carbocycles. The molecule has 2 saturated heterocycles. The van der Waals surface area contributed by atoms with Crippen LogP contribution in [-0.4, -0.2) is 49.5 Å². The summed E-state index contributed by atoms with van der Waals surface area (Å²) in [6.07, 6.45) is 4.32. The lowest BCUT2D eigenvalue weighted by molar-refractivity contribution is -0.0161. The molecule has 3 rings (SSSR count). The summed E-state index contributed by atoms with van der Waals surface area (Å²) in [4.78, 5) is 2.44. The van der Waals surface area contributed by atoms with E-state index in [0.717, 1.165) is 37.2 Å². The molecule has 4 heteroatoms. The number of fused-ring (bicyclic) bond motifs is 1. The minimum Gasteiger partial charge on any atom is -0.491 e. The van der Waals surface area contributed by atoms with Crippen molar-refractivity contribution < 1.29 is 14.6 Å². The van der Waals surface area contributed by atoms with Gasteiger partial charge in [-0.25, -0.2) is 0 Å². The molecule has 2 heterocycles. The zero-order valence-corrected chi connectivity index (χ0v) is 12.8. The summed E-state index contributed by atoms with van der Waals surface area (Å²) < 4.78 is 10.9. The largest absolute Gasteiger partial charge is 0.491 e. The van der Waals surface area contributed by atoms with Crippen LogP contribution in [0.5, 0.6) is 5.75 Å². The Bertz CT molecular complexity index is 479. The summed E-state index contributed by atoms with van der Waals surface area (Å²) in [6, 6.07) is 8.15. The Morgan fingerprint density at radius 1 is 1.24 bits per heavy atom. The van der Waals surface area contributed by atoms with E-state index in [0.29, 0.717) is 13.2 Å². The molecular weight excluding hydrogens is 266 g/mol. The highest BCUT2D eigenvalue weighted by molar-refractivity contribution is 5.40. The van der Waals surface area contributed by atoms with Gasteiger partial charge in [-0.05, 0) is 31.9 Å². The van der Waals surface area contributed by atoms with Crippen molar-refractivity contribution in [1.82, 2.24) is 4.90 Å². The fourth-order valence-corrected chi connectivity index (χ4v) is 3.78. The molecule has 2 fully saturated rings. The van der Waals surface area contributed by atoms with Crippen LogP contribution in [0.3, 0.4) is 0 Å². The number of nitrogens with zero attached hydrogens (tertiary/aromatic N) is 1. The number of benzene rings is 1. The Morgan fingerprint density at radius 3 is 2.95 bits per heavy atom. The van der Waals surface area contributed by atoms with Gasteiger partial charge in [0.25, 0.3) is 0 Å². The van der Waals surface area contributed by atoms with Crippen LogP contribution in [0.15, 0.2) is 24.3 Å². The summed E-state index contributed by atoms with van der Waals surface area (Å²) in [5.74, 6) is 0.796. The zero-order chi connectivity index (χ0) is 14.7. The van der Waals surface area contributed by atoms with Gasteiger partial charge in [0.15, 0.2) is 0 Å². The molecule has 0 saturated carbocycles. The number of hydrogen-bond donors (Lipinski definition) is 1. The molecule has 0 radical (unpaired) electrons. The van der Waals surface area contributed by atoms with E-state index in [9.17, 15) is 5.11 Å². The molecular formula is C17H25NO3. The van der Waals surface area contributed by atoms with Gasteiger partial charge in [0.1, 0.15) is 18.0 Å². The Kier molecular flexibility index (Phi) is 4.48. The summed E-state index contributed by atoms with van der Waals surface area (Å²) in [6.45, 7) is 3.16. The van der Waals surface area contributed by atoms with Gasteiger partial charge in [-0.1, -0.05) is 24.6 Å². The molecule has 21 heavy (non-hydrogen) atoms. The predicted molar refractivity (Wildman–Crippen MR) is 81.5 cm³/mol. The maximum Gasteiger partial charge on any atom is 0.125 e. The Hall–Kier alpha value is -1.10. The topological polar surface area (TPSA) is 41.9 Å². The van der Waals surface area contributed by atoms with E-state index in [1.807, 2.05) is 24.3 Å². The van der Waals surface area contributed by atoms with Crippen molar-refractivity contribution in [2.24, 2.45) is 0 Å². The molecule has 2 aliphatic heterocycles. The average Bonchev–Trinajstić information content (AvgIpc) is 2.87. The minimum atomic E-state index is -0.774. The van der Waals surface area contributed by atoms with E-state index in [2.05, 4.69) is 4.90 Å². The van der Waals surface area contributed by atoms with Crippen molar-refractivity contribution in [2.75, 3.05) is 33.4 Å². The first-order valence-corrected chi connectivity index (χ1v) is 7.93. The maximum absolute atomic E-state index is 11.3. The minimum absolute atomic E-state index is 0.235. The van der Waals surface area contributed by atoms with Crippen molar-refractivity contribution in [2.45, 2.75) is 37.3 Å². The second-order valence-electron chi connectivity index (χ2n) is 6.06. The van der Waals surface area contributed by atoms with Crippen molar-refractivity contribution in [3.8, 4) is 5.75 Å². The lowest BCUT2D eigenvalue weighted by Crippen LogP contribution is -2.45. The zero-order valence-electron chi connectivity index (χ0n) is 12.8. The van der Waals surface area contributed by atoms with Crippen LogP contribution >= 0.6 is 0 Å². The first kappa shape index (κ1) is 14.8. The van der Waals surface area contributed by atoms with Crippen LogP contribution in [-0.2, 0) is 10.3 Å². The maximum atomic E-state index is 11.3. The van der Waals surface area contributed by atoms with Gasteiger partial charge in [0, 0.05) is 25.3 Å². The van der Waals surface area contributed by atoms with Crippen molar-refractivity contribution in [1.29, 1.82) is 0 Å². The van der Waals surface area contributed by atoms with E-state index in [1.54, 1.807) is 7.11 Å². The molecule has 1 N–H and O–H groups in total. The van der Waals surface area contributed by atoms with Gasteiger partial charge >= 0.3 is 0 Å². The highest BCUT2D eigenvalue weighted by Gasteiger charge is 2.48. The molecule has 0 spiro atoms. The highest BCUT2D eigenvalue weighted by Crippen LogP contribution is 2.45. The summed E-state index contributed by atoms with van der Waals surface area (Å²) in [7, 11) is 1.67. The first-order valence-electron chi connectivity index (χ1n) is 7.93. The third kappa shape index (κ3) is 2.80. The lowest BCUT2D eigenvalue weighted by Gasteiger charge is -2.38. The van der Waals surface area contributed by atoms with Gasteiger partial charge in [-0.3, -0.25) is 4.90 Å². The Balaban J connectivity index is 1.85. The second-order valence-corrected chi connectivity index (χ2v) is 6.06. The monoisotopic (exact) mass is 291 g/mol. The molecule has 0 bridgehead atoms. The molecule has 2 atom stereocenters. The van der Waals surface area contributed by atoms with Crippen molar-refractivity contribution in [3.63, 3.8) is 0 Å². The molecule has 4 nitrogen and oxygen atoms in total. The lowest BCUT2D eigenvalue weighted by atomic mass is 9.82. The fourth-order valence-electron chi connectivity index (χ4n) is 3.78. The standard InChI is InChI=1S/C17H25NO3/c1-20-12-13-21-15-7-3-2-6-14(15)17(19)9-11-18-10-5-4-8-16(17)18/h2-3,6-7,16,19H,4-5,8-13H2,1H3. The quantitative estimate of drug-likeness (QED) is 0.844. The Labute approximate surface area is 126 Å². The smallest absolute Gasteiger partial charge is 0.125 e. The van der Waals surface area contributed by atoms with E-state index in [4.69, 9.17) is 9.47 Å². The van der Waals surface area contributed by atoms with Crippen molar-refractivity contribution >= 4 is 0 Å². The van der Waals surface area contributed by atoms with E-state index >= 15 is 0 Å². The van der Waals surface area contributed by atoms with E-state index < -0.39 is 5.60 Å². The normalized spacial score (nSPS) is 29.3. The third-order valence-electron chi connectivity index (χ3n) is 4.84. The van der Waals surface area contributed by atoms with Gasteiger partial charge in [-0.15, -0.1) is 0 Å². The van der Waals surface area contributed by atoms with Gasteiger partial charge in [-0.2, -0.15) is 0 Å². The van der Waals surface area contributed by atoms with Crippen LogP contribution in [0.4, 0.5) is 0 Å². The van der Waals surface area contributed by atoms with Crippen LogP contribution in [0.2, 0.25) is 0 Å². The summed E-state index contributed by atoms with van der Waals surface area (Å²) in [5.41, 5.74) is 0.167. The second kappa shape index (κ2) is 6.34. The predicted octanol–water partition coefficient (Wildman–Crippen LogP) is 2.16. The number of piperidine rings is 1. The molecule has 0 amide bonds. The molecule has 2 aliphatic rings. The van der Waals surface area contributed by atoms with Gasteiger partial charge < -0.3 is 14.6 Å². The van der Waals surface area contributed by atoms with Crippen LogP contribution < -0.4 is 4.74 Å². The van der Waals surface area contributed by atoms with E-state index in [-0.39, 0.29) is 6.04 Å². The van der Waals surface area contributed by atoms with E-state index in [1.165, 1.54) is 12.8 Å². The SMILES string of the molecule is COCCOc1ccccc1C1(O)CCN2CCCCC21. The van der Waals surface area contributed by atoms with Crippen LogP contribution in [0.25, 0.3) is 0 Å². The van der Waals surface area contributed by atoms with Crippen molar-refractivity contribution in [3.05, 3.63) is 29.8 Å². The third-order valence-corrected chi connectivity index (χ3v) is 4.84. The average molecular weight is 291 g/mol. The molecule has 2 unspecified atom stereocenters. The summed E-state index contributed by atoms with van der Waals surface area (Å²) in [5, 5.41) is 11.3. The molecule has 116 valence electrons. The number of ether oxygens (including phenoxy) is 2. The number of para-hydroxylation sites is 1. The van der Waals surface area contributed by atoms with Crippen LogP contribution in [0, 0.1) is 0 Å². The number of hydrogen-bond acceptors (Lipinski definition) is 4. The number of aliphatic hydroxyl groups is 1. The first-order chi connectivity index (χ1) is 10.3. The molecule has 1 aromatic rings. The van der Waals surface area contributed by atoms with Gasteiger partial charge in [0.2, 0.25) is 0 Å². The number of rotatable bonds is 5. The Morgan fingerprint density at radius 2 is 2.10 bits per heavy atom. The number of methoxy groups -OCH3 is 1. The van der Waals surface area contributed by atoms with Gasteiger partial charge in [0.05, 0.1) is 6.61 Å².